The van der Waals surface area contributed by atoms with Crippen molar-refractivity contribution in [1.29, 1.82) is 0 Å². The lowest BCUT2D eigenvalue weighted by Gasteiger charge is -2.15. The van der Waals surface area contributed by atoms with Gasteiger partial charge in [-0.2, -0.15) is 0 Å². The fourth-order valence-electron chi connectivity index (χ4n) is 8.01. The number of hydrogen-bond acceptors (Lipinski definition) is 5. The summed E-state index contributed by atoms with van der Waals surface area (Å²) in [4.78, 5) is 24.6. The monoisotopic (exact) mass is 1120 g/mol. The first-order chi connectivity index (χ1) is 40.6. The molecule has 82 heavy (non-hydrogen) atoms. The molecule has 1 N–H and O–H groups in total. The van der Waals surface area contributed by atoms with E-state index < -0.39 is 6.10 Å². The average molecular weight is 1120 g/mol. The number of carbonyl (C=O) groups excluding carboxylic acids is 2. The van der Waals surface area contributed by atoms with Gasteiger partial charge in [0, 0.05) is 12.8 Å². The van der Waals surface area contributed by atoms with Crippen LogP contribution in [-0.4, -0.2) is 36.4 Å². The minimum atomic E-state index is -0.809. The summed E-state index contributed by atoms with van der Waals surface area (Å²) in [6.07, 6.45) is 113. The normalized spacial score (nSPS) is 13.7. The number of allylic oxidation sites excluding steroid dienone is 36. The second kappa shape index (κ2) is 69.5. The number of rotatable bonds is 56. The molecule has 0 heterocycles. The molecule has 0 saturated heterocycles. The van der Waals surface area contributed by atoms with Crippen LogP contribution < -0.4 is 0 Å². The predicted molar refractivity (Wildman–Crippen MR) is 361 cm³/mol. The van der Waals surface area contributed by atoms with Crippen LogP contribution in [-0.2, 0) is 19.1 Å². The van der Waals surface area contributed by atoms with E-state index in [9.17, 15) is 14.7 Å². The highest BCUT2D eigenvalue weighted by molar-refractivity contribution is 5.70. The van der Waals surface area contributed by atoms with Gasteiger partial charge < -0.3 is 14.6 Å². The molecule has 0 aromatic heterocycles. The maximum absolute atomic E-state index is 12.3. The van der Waals surface area contributed by atoms with Crippen LogP contribution in [0.3, 0.4) is 0 Å². The number of esters is 2. The lowest BCUT2D eigenvalue weighted by Crippen LogP contribution is -2.28. The molecule has 0 saturated carbocycles. The van der Waals surface area contributed by atoms with Crippen LogP contribution in [0.15, 0.2) is 219 Å². The van der Waals surface area contributed by atoms with E-state index >= 15 is 0 Å². The first-order valence-corrected chi connectivity index (χ1v) is 32.3. The molecule has 0 spiro atoms. The van der Waals surface area contributed by atoms with Gasteiger partial charge in [-0.3, -0.25) is 9.59 Å². The van der Waals surface area contributed by atoms with E-state index in [0.29, 0.717) is 12.8 Å². The smallest absolute Gasteiger partial charge is 0.306 e. The highest BCUT2D eigenvalue weighted by Crippen LogP contribution is 2.13. The van der Waals surface area contributed by atoms with Gasteiger partial charge in [0.2, 0.25) is 0 Å². The zero-order valence-electron chi connectivity index (χ0n) is 51.9. The molecule has 0 aromatic carbocycles. The van der Waals surface area contributed by atoms with Crippen LogP contribution in [0.2, 0.25) is 0 Å². The van der Waals surface area contributed by atoms with Crippen molar-refractivity contribution in [3.63, 3.8) is 0 Å². The standard InChI is InChI=1S/C77H116O5/c1-3-5-7-9-11-13-15-17-19-21-23-25-27-29-31-32-33-34-35-36-37-38-39-40-41-42-43-44-46-48-50-52-54-56-58-60-62-64-66-68-70-72-77(80)82-75(73-78)74-81-76(79)71-69-67-65-63-61-59-57-55-53-51-49-47-45-30-28-26-24-22-20-18-16-14-12-10-8-6-4-2/h5-8,11-14,17-20,23-26,29-31,33-34,36-37,39-40,42-43,45-46,48-49,51-52,54,58,60,75,78H,3-4,9-10,15-16,21-22,27-28,32,35,38,41,44,47,50,53,55-57,59,61-74H2,1-2H3/b7-5-,8-6-,13-11-,14-12-,19-17-,20-18-,25-23-,26-24-,31-29-,34-33-,37-36-,40-39-,43-42-,45-30-,48-46-,51-49-,54-52-,60-58-. The van der Waals surface area contributed by atoms with E-state index in [4.69, 9.17) is 9.47 Å². The summed E-state index contributed by atoms with van der Waals surface area (Å²) < 4.78 is 10.7. The first kappa shape index (κ1) is 76.2. The molecule has 1 unspecified atom stereocenters. The molecule has 0 fully saturated rings. The Kier molecular flexibility index (Phi) is 64.6. The molecule has 0 radical (unpaired) electrons. The molecule has 454 valence electrons. The van der Waals surface area contributed by atoms with Crippen LogP contribution in [0.25, 0.3) is 0 Å². The van der Waals surface area contributed by atoms with E-state index in [1.165, 1.54) is 32.1 Å². The van der Waals surface area contributed by atoms with Crippen molar-refractivity contribution in [3.8, 4) is 0 Å². The van der Waals surface area contributed by atoms with Gasteiger partial charge in [0.1, 0.15) is 6.61 Å². The Labute approximate surface area is 503 Å². The Bertz CT molecular complexity index is 1990. The van der Waals surface area contributed by atoms with Crippen LogP contribution in [0, 0.1) is 0 Å². The average Bonchev–Trinajstić information content (AvgIpc) is 3.49. The largest absolute Gasteiger partial charge is 0.462 e. The van der Waals surface area contributed by atoms with Crippen LogP contribution in [0.5, 0.6) is 0 Å². The molecule has 5 nitrogen and oxygen atoms in total. The summed E-state index contributed by atoms with van der Waals surface area (Å²) in [5, 5.41) is 9.68. The van der Waals surface area contributed by atoms with Gasteiger partial charge in [-0.1, -0.05) is 284 Å². The Morgan fingerprint density at radius 3 is 0.732 bits per heavy atom. The minimum absolute atomic E-state index is 0.0960. The van der Waals surface area contributed by atoms with Gasteiger partial charge in [-0.25, -0.2) is 0 Å². The third-order valence-electron chi connectivity index (χ3n) is 12.8. The van der Waals surface area contributed by atoms with Gasteiger partial charge in [0.15, 0.2) is 6.10 Å². The molecule has 0 amide bonds. The molecule has 0 rings (SSSR count). The lowest BCUT2D eigenvalue weighted by molar-refractivity contribution is -0.161. The van der Waals surface area contributed by atoms with Crippen molar-refractivity contribution >= 4 is 11.9 Å². The van der Waals surface area contributed by atoms with Gasteiger partial charge in [-0.05, 0) is 154 Å². The number of ether oxygens (including phenoxy) is 2. The Balaban J connectivity index is 3.69. The van der Waals surface area contributed by atoms with Gasteiger partial charge in [0.25, 0.3) is 0 Å². The second-order valence-electron chi connectivity index (χ2n) is 20.4. The third-order valence-corrected chi connectivity index (χ3v) is 12.8. The summed E-state index contributed by atoms with van der Waals surface area (Å²) >= 11 is 0. The second-order valence-corrected chi connectivity index (χ2v) is 20.4. The van der Waals surface area contributed by atoms with Crippen molar-refractivity contribution in [3.05, 3.63) is 219 Å². The Morgan fingerprint density at radius 1 is 0.280 bits per heavy atom. The quantitative estimate of drug-likeness (QED) is 0.0373. The van der Waals surface area contributed by atoms with Crippen LogP contribution in [0.4, 0.5) is 0 Å². The molecule has 1 atom stereocenters. The zero-order chi connectivity index (χ0) is 59.1. The number of aliphatic hydroxyl groups is 1. The maximum Gasteiger partial charge on any atom is 0.306 e. The molecule has 0 aliphatic rings. The summed E-state index contributed by atoms with van der Waals surface area (Å²) in [7, 11) is 0. The van der Waals surface area contributed by atoms with Gasteiger partial charge in [0.05, 0.1) is 6.61 Å². The fraction of sp³-hybridized carbons (Fsp3) is 0.506. The van der Waals surface area contributed by atoms with Crippen molar-refractivity contribution in [1.82, 2.24) is 0 Å². The highest BCUT2D eigenvalue weighted by atomic mass is 16.6. The molecule has 0 aliphatic carbocycles. The van der Waals surface area contributed by atoms with E-state index in [1.807, 2.05) is 0 Å². The lowest BCUT2D eigenvalue weighted by atomic mass is 10.1. The predicted octanol–water partition coefficient (Wildman–Crippen LogP) is 22.7. The molecular weight excluding hydrogens is 1000 g/mol. The SMILES string of the molecule is CC/C=C\C/C=C\C/C=C\C/C=C\C/C=C\C/C=C\C/C=C\C/C=C\C/C=C\C/C=C\C/C=C\C/C=C\CCCCCCC(=O)OC(CO)COC(=O)CCCCCCCCCC/C=C\C/C=C\C/C=C\C/C=C\C/C=C\C/C=C\CC. The summed E-state index contributed by atoms with van der Waals surface area (Å²) in [6.45, 7) is 3.87. The first-order valence-electron chi connectivity index (χ1n) is 32.3. The molecule has 0 aliphatic heterocycles. The molecule has 0 aromatic rings. The summed E-state index contributed by atoms with van der Waals surface area (Å²) in [5.74, 6) is -0.647. The molecular formula is C77H116O5. The number of aliphatic hydroxyl groups excluding tert-OH is 1. The van der Waals surface area contributed by atoms with E-state index in [0.717, 1.165) is 173 Å². The minimum Gasteiger partial charge on any atom is -0.462 e. The van der Waals surface area contributed by atoms with Crippen LogP contribution >= 0.6 is 0 Å². The number of carbonyl (C=O) groups is 2. The van der Waals surface area contributed by atoms with Crippen LogP contribution in [0.1, 0.15) is 232 Å². The summed E-state index contributed by atoms with van der Waals surface area (Å²) in [5.41, 5.74) is 0. The van der Waals surface area contributed by atoms with Gasteiger partial charge >= 0.3 is 11.9 Å². The number of unbranched alkanes of at least 4 members (excludes halogenated alkanes) is 12. The third kappa shape index (κ3) is 66.7. The van der Waals surface area contributed by atoms with Crippen molar-refractivity contribution in [2.24, 2.45) is 0 Å². The van der Waals surface area contributed by atoms with E-state index in [1.54, 1.807) is 0 Å². The van der Waals surface area contributed by atoms with Crippen molar-refractivity contribution in [2.45, 2.75) is 238 Å². The molecule has 5 heteroatoms. The fourth-order valence-corrected chi connectivity index (χ4v) is 8.01. The zero-order valence-corrected chi connectivity index (χ0v) is 51.9. The Morgan fingerprint density at radius 2 is 0.488 bits per heavy atom. The van der Waals surface area contributed by atoms with E-state index in [2.05, 4.69) is 233 Å². The van der Waals surface area contributed by atoms with E-state index in [-0.39, 0.29) is 25.2 Å². The van der Waals surface area contributed by atoms with Gasteiger partial charge in [-0.15, -0.1) is 0 Å². The maximum atomic E-state index is 12.3. The Hall–Kier alpha value is -5.78. The topological polar surface area (TPSA) is 72.8 Å². The number of hydrogen-bond donors (Lipinski definition) is 1. The highest BCUT2D eigenvalue weighted by Gasteiger charge is 2.16. The van der Waals surface area contributed by atoms with Crippen molar-refractivity contribution < 1.29 is 24.2 Å². The van der Waals surface area contributed by atoms with Crippen molar-refractivity contribution in [2.75, 3.05) is 13.2 Å². The molecule has 0 bridgehead atoms. The summed E-state index contributed by atoms with van der Waals surface area (Å²) in [6, 6.07) is 0.